The number of methoxy groups -OCH3 is 2. The Labute approximate surface area is 127 Å². The number of nitrogens with one attached hydrogen (secondary N) is 1. The predicted molar refractivity (Wildman–Crippen MR) is 85.4 cm³/mol. The van der Waals surface area contributed by atoms with Crippen LogP contribution >= 0.6 is 0 Å². The van der Waals surface area contributed by atoms with Crippen LogP contribution in [0.25, 0.3) is 0 Å². The van der Waals surface area contributed by atoms with E-state index in [1.807, 2.05) is 18.2 Å². The molecule has 1 fully saturated rings. The van der Waals surface area contributed by atoms with Gasteiger partial charge in [-0.1, -0.05) is 13.8 Å². The molecule has 1 aliphatic rings. The van der Waals surface area contributed by atoms with Gasteiger partial charge in [-0.05, 0) is 19.8 Å². The lowest BCUT2D eigenvalue weighted by atomic mass is 9.61. The molecule has 1 aromatic carbocycles. The van der Waals surface area contributed by atoms with Gasteiger partial charge in [-0.25, -0.2) is 0 Å². The summed E-state index contributed by atoms with van der Waals surface area (Å²) >= 11 is 0. The molecule has 4 nitrogen and oxygen atoms in total. The van der Waals surface area contributed by atoms with E-state index in [4.69, 9.17) is 14.2 Å². The quantitative estimate of drug-likeness (QED) is 0.832. The number of ether oxygens (including phenoxy) is 3. The Bertz CT molecular complexity index is 455. The highest BCUT2D eigenvalue weighted by Crippen LogP contribution is 2.47. The van der Waals surface area contributed by atoms with E-state index < -0.39 is 0 Å². The lowest BCUT2D eigenvalue weighted by Gasteiger charge is -2.54. The van der Waals surface area contributed by atoms with Crippen LogP contribution in [0, 0.1) is 5.41 Å². The Morgan fingerprint density at radius 3 is 2.24 bits per heavy atom. The summed E-state index contributed by atoms with van der Waals surface area (Å²) in [6, 6.07) is 6.31. The van der Waals surface area contributed by atoms with Crippen LogP contribution in [0.3, 0.4) is 0 Å². The zero-order valence-electron chi connectivity index (χ0n) is 13.7. The van der Waals surface area contributed by atoms with Crippen molar-refractivity contribution in [2.24, 2.45) is 5.41 Å². The van der Waals surface area contributed by atoms with Crippen molar-refractivity contribution >= 4 is 5.69 Å². The molecule has 3 atom stereocenters. The number of rotatable bonds is 7. The fourth-order valence-corrected chi connectivity index (χ4v) is 3.07. The Morgan fingerprint density at radius 2 is 1.76 bits per heavy atom. The number of hydrogen-bond donors (Lipinski definition) is 1. The van der Waals surface area contributed by atoms with Crippen molar-refractivity contribution in [2.45, 2.75) is 45.8 Å². The summed E-state index contributed by atoms with van der Waals surface area (Å²) in [7, 11) is 3.34. The lowest BCUT2D eigenvalue weighted by molar-refractivity contribution is -0.109. The second kappa shape index (κ2) is 6.56. The molecule has 0 radical (unpaired) electrons. The van der Waals surface area contributed by atoms with Gasteiger partial charge in [-0.2, -0.15) is 0 Å². The van der Waals surface area contributed by atoms with Gasteiger partial charge >= 0.3 is 0 Å². The van der Waals surface area contributed by atoms with Crippen molar-refractivity contribution in [3.05, 3.63) is 18.2 Å². The molecule has 3 unspecified atom stereocenters. The standard InChI is InChI=1S/C17H27NO3/c1-6-17(3)15(11-16(17)21-7-2)18-12-8-13(19-4)10-14(9-12)20-5/h8-10,15-16,18H,6-7,11H2,1-5H3. The molecular weight excluding hydrogens is 266 g/mol. The largest absolute Gasteiger partial charge is 0.497 e. The first kappa shape index (κ1) is 16.0. The summed E-state index contributed by atoms with van der Waals surface area (Å²) in [5.41, 5.74) is 1.21. The number of anilines is 1. The summed E-state index contributed by atoms with van der Waals surface area (Å²) in [5, 5.41) is 3.62. The van der Waals surface area contributed by atoms with E-state index >= 15 is 0 Å². The van der Waals surface area contributed by atoms with Crippen LogP contribution in [0.2, 0.25) is 0 Å². The SMILES string of the molecule is CCOC1CC(Nc2cc(OC)cc(OC)c2)C1(C)CC. The van der Waals surface area contributed by atoms with Gasteiger partial charge in [0.1, 0.15) is 11.5 Å². The maximum absolute atomic E-state index is 5.85. The zero-order valence-corrected chi connectivity index (χ0v) is 13.7. The molecular formula is C17H27NO3. The minimum atomic E-state index is 0.173. The maximum Gasteiger partial charge on any atom is 0.124 e. The molecule has 1 N–H and O–H groups in total. The molecule has 0 amide bonds. The highest BCUT2D eigenvalue weighted by molar-refractivity contribution is 5.55. The summed E-state index contributed by atoms with van der Waals surface area (Å²) in [5.74, 6) is 1.60. The van der Waals surface area contributed by atoms with Gasteiger partial charge in [-0.3, -0.25) is 0 Å². The molecule has 1 saturated carbocycles. The second-order valence-corrected chi connectivity index (χ2v) is 5.84. The normalized spacial score (nSPS) is 27.9. The van der Waals surface area contributed by atoms with Gasteiger partial charge in [-0.15, -0.1) is 0 Å². The van der Waals surface area contributed by atoms with E-state index in [1.54, 1.807) is 14.2 Å². The van der Waals surface area contributed by atoms with Crippen LogP contribution in [0.5, 0.6) is 11.5 Å². The first-order chi connectivity index (χ1) is 10.1. The third kappa shape index (κ3) is 3.10. The van der Waals surface area contributed by atoms with Crippen LogP contribution in [0.1, 0.15) is 33.6 Å². The molecule has 0 bridgehead atoms. The minimum absolute atomic E-state index is 0.173. The molecule has 4 heteroatoms. The van der Waals surface area contributed by atoms with Gasteiger partial charge in [0.15, 0.2) is 0 Å². The zero-order chi connectivity index (χ0) is 15.5. The Morgan fingerprint density at radius 1 is 1.14 bits per heavy atom. The molecule has 0 aliphatic heterocycles. The summed E-state index contributed by atoms with van der Waals surface area (Å²) < 4.78 is 16.5. The summed E-state index contributed by atoms with van der Waals surface area (Å²) in [4.78, 5) is 0. The van der Waals surface area contributed by atoms with E-state index in [0.717, 1.165) is 36.6 Å². The fourth-order valence-electron chi connectivity index (χ4n) is 3.07. The van der Waals surface area contributed by atoms with E-state index in [1.165, 1.54) is 0 Å². The van der Waals surface area contributed by atoms with Crippen molar-refractivity contribution in [1.29, 1.82) is 0 Å². The van der Waals surface area contributed by atoms with E-state index in [2.05, 4.69) is 26.1 Å². The third-order valence-electron chi connectivity index (χ3n) is 4.80. The Hall–Kier alpha value is -1.42. The van der Waals surface area contributed by atoms with Crippen molar-refractivity contribution in [2.75, 3.05) is 26.1 Å². The average Bonchev–Trinajstić information content (AvgIpc) is 2.52. The van der Waals surface area contributed by atoms with Crippen LogP contribution in [0.4, 0.5) is 5.69 Å². The molecule has 2 rings (SSSR count). The molecule has 118 valence electrons. The van der Waals surface area contributed by atoms with Crippen molar-refractivity contribution in [3.63, 3.8) is 0 Å². The third-order valence-corrected chi connectivity index (χ3v) is 4.80. The van der Waals surface area contributed by atoms with Gasteiger partial charge in [0.25, 0.3) is 0 Å². The molecule has 0 heterocycles. The lowest BCUT2D eigenvalue weighted by Crippen LogP contribution is -2.59. The van der Waals surface area contributed by atoms with Crippen molar-refractivity contribution < 1.29 is 14.2 Å². The first-order valence-electron chi connectivity index (χ1n) is 7.68. The van der Waals surface area contributed by atoms with Gasteiger partial charge < -0.3 is 19.5 Å². The Balaban J connectivity index is 2.11. The van der Waals surface area contributed by atoms with E-state index in [9.17, 15) is 0 Å². The second-order valence-electron chi connectivity index (χ2n) is 5.84. The molecule has 0 aromatic heterocycles. The summed E-state index contributed by atoms with van der Waals surface area (Å²) in [6.45, 7) is 7.36. The first-order valence-corrected chi connectivity index (χ1v) is 7.68. The maximum atomic E-state index is 5.85. The monoisotopic (exact) mass is 293 g/mol. The van der Waals surface area contributed by atoms with Crippen LogP contribution in [0.15, 0.2) is 18.2 Å². The van der Waals surface area contributed by atoms with Crippen molar-refractivity contribution in [3.8, 4) is 11.5 Å². The van der Waals surface area contributed by atoms with Crippen molar-refractivity contribution in [1.82, 2.24) is 0 Å². The predicted octanol–water partition coefficient (Wildman–Crippen LogP) is 3.71. The highest BCUT2D eigenvalue weighted by atomic mass is 16.5. The number of benzene rings is 1. The topological polar surface area (TPSA) is 39.7 Å². The molecule has 1 aromatic rings. The molecule has 21 heavy (non-hydrogen) atoms. The average molecular weight is 293 g/mol. The van der Waals surface area contributed by atoms with Gasteiger partial charge in [0, 0.05) is 42.0 Å². The molecule has 0 saturated heterocycles. The van der Waals surface area contributed by atoms with Crippen LogP contribution in [-0.2, 0) is 4.74 Å². The van der Waals surface area contributed by atoms with E-state index in [0.29, 0.717) is 12.1 Å². The molecule has 0 spiro atoms. The minimum Gasteiger partial charge on any atom is -0.497 e. The Kier molecular flexibility index (Phi) is 4.99. The van der Waals surface area contributed by atoms with Gasteiger partial charge in [0.2, 0.25) is 0 Å². The fraction of sp³-hybridized carbons (Fsp3) is 0.647. The highest BCUT2D eigenvalue weighted by Gasteiger charge is 2.51. The molecule has 1 aliphatic carbocycles. The van der Waals surface area contributed by atoms with E-state index in [-0.39, 0.29) is 5.41 Å². The smallest absolute Gasteiger partial charge is 0.124 e. The summed E-state index contributed by atoms with van der Waals surface area (Å²) in [6.07, 6.45) is 2.48. The number of hydrogen-bond acceptors (Lipinski definition) is 4. The van der Waals surface area contributed by atoms with Crippen LogP contribution < -0.4 is 14.8 Å². The van der Waals surface area contributed by atoms with Crippen LogP contribution in [-0.4, -0.2) is 33.0 Å². The van der Waals surface area contributed by atoms with Gasteiger partial charge in [0.05, 0.1) is 20.3 Å².